The molecule has 0 saturated heterocycles. The van der Waals surface area contributed by atoms with E-state index in [0.717, 1.165) is 25.0 Å². The molecule has 0 spiro atoms. The average Bonchev–Trinajstić information content (AvgIpc) is 2.65. The summed E-state index contributed by atoms with van der Waals surface area (Å²) in [7, 11) is 0. The fraction of sp³-hybridized carbons (Fsp3) is 0.455. The molecule has 1 aliphatic heterocycles. The second-order valence-corrected chi connectivity index (χ2v) is 4.44. The predicted molar refractivity (Wildman–Crippen MR) is 55.0 cm³/mol. The highest BCUT2D eigenvalue weighted by atomic mass is 35.5. The molecule has 3 rings (SSSR count). The third-order valence-electron chi connectivity index (χ3n) is 3.17. The lowest BCUT2D eigenvalue weighted by Crippen LogP contribution is -2.29. The van der Waals surface area contributed by atoms with E-state index in [1.165, 1.54) is 0 Å². The highest BCUT2D eigenvalue weighted by Crippen LogP contribution is 2.41. The third-order valence-corrected chi connectivity index (χ3v) is 3.38. The Kier molecular flexibility index (Phi) is 1.96. The molecule has 0 bridgehead atoms. The number of ether oxygens (including phenoxy) is 1. The van der Waals surface area contributed by atoms with E-state index in [1.807, 2.05) is 0 Å². The molecule has 15 heavy (non-hydrogen) atoms. The van der Waals surface area contributed by atoms with Crippen LogP contribution in [-0.2, 0) is 4.74 Å². The van der Waals surface area contributed by atoms with Gasteiger partial charge < -0.3 is 4.74 Å². The largest absolute Gasteiger partial charge is 0.458 e. The fourth-order valence-electron chi connectivity index (χ4n) is 2.49. The van der Waals surface area contributed by atoms with Crippen molar-refractivity contribution in [1.29, 1.82) is 0 Å². The minimum absolute atomic E-state index is 0.0240. The number of carbonyl (C=O) groups excluding carboxylic acids is 1. The van der Waals surface area contributed by atoms with Gasteiger partial charge in [-0.2, -0.15) is 0 Å². The molecular formula is C11H10ClNO2. The lowest BCUT2D eigenvalue weighted by atomic mass is 9.94. The zero-order valence-electron chi connectivity index (χ0n) is 8.07. The van der Waals surface area contributed by atoms with Gasteiger partial charge in [0.1, 0.15) is 11.3 Å². The molecule has 1 aromatic heterocycles. The summed E-state index contributed by atoms with van der Waals surface area (Å²) < 4.78 is 5.35. The van der Waals surface area contributed by atoms with Gasteiger partial charge in [0, 0.05) is 5.92 Å². The minimum Gasteiger partial charge on any atom is -0.458 e. The lowest BCUT2D eigenvalue weighted by molar-refractivity contribution is 0.0222. The molecule has 0 amide bonds. The van der Waals surface area contributed by atoms with Crippen LogP contribution in [0, 0.1) is 0 Å². The second kappa shape index (κ2) is 3.20. The zero-order valence-corrected chi connectivity index (χ0v) is 8.83. The van der Waals surface area contributed by atoms with E-state index in [9.17, 15) is 4.79 Å². The number of nitrogens with zero attached hydrogens (tertiary/aromatic N) is 1. The van der Waals surface area contributed by atoms with Crippen LogP contribution in [0.5, 0.6) is 0 Å². The Morgan fingerprint density at radius 3 is 3.13 bits per heavy atom. The van der Waals surface area contributed by atoms with Crippen molar-refractivity contribution < 1.29 is 9.53 Å². The van der Waals surface area contributed by atoms with Crippen LogP contribution < -0.4 is 0 Å². The van der Waals surface area contributed by atoms with Crippen LogP contribution in [0.4, 0.5) is 0 Å². The van der Waals surface area contributed by atoms with Gasteiger partial charge in [0.15, 0.2) is 0 Å². The van der Waals surface area contributed by atoms with Crippen molar-refractivity contribution in [1.82, 2.24) is 4.98 Å². The van der Waals surface area contributed by atoms with Crippen LogP contribution in [0.3, 0.4) is 0 Å². The summed E-state index contributed by atoms with van der Waals surface area (Å²) >= 11 is 5.85. The maximum absolute atomic E-state index is 11.6. The molecule has 0 aromatic carbocycles. The van der Waals surface area contributed by atoms with Crippen molar-refractivity contribution in [3.8, 4) is 0 Å². The van der Waals surface area contributed by atoms with Crippen molar-refractivity contribution in [2.75, 3.05) is 0 Å². The first-order valence-corrected chi connectivity index (χ1v) is 5.51. The lowest BCUT2D eigenvalue weighted by Gasteiger charge is -2.26. The molecule has 2 atom stereocenters. The monoisotopic (exact) mass is 223 g/mol. The van der Waals surface area contributed by atoms with E-state index in [2.05, 4.69) is 4.98 Å². The smallest absolute Gasteiger partial charge is 0.340 e. The number of carbonyl (C=O) groups is 1. The maximum Gasteiger partial charge on any atom is 0.340 e. The van der Waals surface area contributed by atoms with Gasteiger partial charge in [-0.1, -0.05) is 11.6 Å². The summed E-state index contributed by atoms with van der Waals surface area (Å²) in [5, 5.41) is 0.453. The Morgan fingerprint density at radius 1 is 1.40 bits per heavy atom. The summed E-state index contributed by atoms with van der Waals surface area (Å²) in [4.78, 5) is 15.9. The molecular weight excluding hydrogens is 214 g/mol. The molecule has 1 aliphatic carbocycles. The quantitative estimate of drug-likeness (QED) is 0.501. The number of fused-ring (bicyclic) bond motifs is 3. The maximum atomic E-state index is 11.6. The molecule has 1 saturated carbocycles. The third kappa shape index (κ3) is 1.34. The van der Waals surface area contributed by atoms with E-state index in [1.54, 1.807) is 12.1 Å². The number of rotatable bonds is 0. The predicted octanol–water partition coefficient (Wildman–Crippen LogP) is 2.54. The first kappa shape index (κ1) is 9.16. The Morgan fingerprint density at radius 2 is 2.27 bits per heavy atom. The highest BCUT2D eigenvalue weighted by molar-refractivity contribution is 6.29. The van der Waals surface area contributed by atoms with Gasteiger partial charge in [0.25, 0.3) is 0 Å². The number of pyridine rings is 1. The number of hydrogen-bond acceptors (Lipinski definition) is 3. The molecule has 1 aromatic rings. The van der Waals surface area contributed by atoms with Crippen molar-refractivity contribution in [3.63, 3.8) is 0 Å². The number of halogens is 1. The minimum atomic E-state index is -0.252. The highest BCUT2D eigenvalue weighted by Gasteiger charge is 2.39. The molecule has 0 unspecified atom stereocenters. The molecule has 78 valence electrons. The standard InChI is InChI=1S/C11H10ClNO2/c12-9-5-4-7-10(13-9)6-2-1-3-8(6)15-11(7)14/h4-6,8H,1-3H2/t6-,8+/m1/s1. The number of hydrogen-bond donors (Lipinski definition) is 0. The van der Waals surface area contributed by atoms with E-state index < -0.39 is 0 Å². The summed E-state index contributed by atoms with van der Waals surface area (Å²) in [6, 6.07) is 3.35. The topological polar surface area (TPSA) is 39.2 Å². The number of esters is 1. The van der Waals surface area contributed by atoms with Crippen LogP contribution in [0.2, 0.25) is 5.15 Å². The summed E-state index contributed by atoms with van der Waals surface area (Å²) in [5.41, 5.74) is 1.42. The zero-order chi connectivity index (χ0) is 10.4. The van der Waals surface area contributed by atoms with Gasteiger partial charge in [-0.15, -0.1) is 0 Å². The molecule has 2 heterocycles. The number of aromatic nitrogens is 1. The SMILES string of the molecule is O=C1O[C@H]2CCC[C@H]2c2nc(Cl)ccc21. The average molecular weight is 224 g/mol. The summed E-state index contributed by atoms with van der Waals surface area (Å²) in [6.07, 6.45) is 3.11. The van der Waals surface area contributed by atoms with Crippen molar-refractivity contribution >= 4 is 17.6 Å². The van der Waals surface area contributed by atoms with Crippen molar-refractivity contribution in [2.45, 2.75) is 31.3 Å². The van der Waals surface area contributed by atoms with E-state index >= 15 is 0 Å². The van der Waals surface area contributed by atoms with Crippen molar-refractivity contribution in [3.05, 3.63) is 28.5 Å². The Hall–Kier alpha value is -1.09. The van der Waals surface area contributed by atoms with Crippen molar-refractivity contribution in [2.24, 2.45) is 0 Å². The Labute approximate surface area is 92.4 Å². The Bertz CT molecular complexity index is 433. The van der Waals surface area contributed by atoms with E-state index in [4.69, 9.17) is 16.3 Å². The van der Waals surface area contributed by atoms with Gasteiger partial charge in [-0.25, -0.2) is 9.78 Å². The van der Waals surface area contributed by atoms with Crippen LogP contribution in [-0.4, -0.2) is 17.1 Å². The van der Waals surface area contributed by atoms with Gasteiger partial charge >= 0.3 is 5.97 Å². The van der Waals surface area contributed by atoms with E-state index in [-0.39, 0.29) is 18.0 Å². The molecule has 3 nitrogen and oxygen atoms in total. The van der Waals surface area contributed by atoms with Gasteiger partial charge in [-0.3, -0.25) is 0 Å². The van der Waals surface area contributed by atoms with Gasteiger partial charge in [0.05, 0.1) is 11.3 Å². The van der Waals surface area contributed by atoms with Crippen LogP contribution in [0.25, 0.3) is 0 Å². The normalized spacial score (nSPS) is 28.2. The summed E-state index contributed by atoms with van der Waals surface area (Å²) in [6.45, 7) is 0. The first-order valence-electron chi connectivity index (χ1n) is 5.13. The summed E-state index contributed by atoms with van der Waals surface area (Å²) in [5.74, 6) is 0.00807. The van der Waals surface area contributed by atoms with E-state index in [0.29, 0.717) is 10.7 Å². The second-order valence-electron chi connectivity index (χ2n) is 4.05. The van der Waals surface area contributed by atoms with Gasteiger partial charge in [-0.05, 0) is 31.4 Å². The first-order chi connectivity index (χ1) is 7.25. The van der Waals surface area contributed by atoms with Crippen LogP contribution in [0.15, 0.2) is 12.1 Å². The molecule has 0 radical (unpaired) electrons. The molecule has 2 aliphatic rings. The fourth-order valence-corrected chi connectivity index (χ4v) is 2.64. The molecule has 0 N–H and O–H groups in total. The van der Waals surface area contributed by atoms with Crippen LogP contribution in [0.1, 0.15) is 41.2 Å². The molecule has 1 fully saturated rings. The van der Waals surface area contributed by atoms with Gasteiger partial charge in [0.2, 0.25) is 0 Å². The Balaban J connectivity index is 2.15. The van der Waals surface area contributed by atoms with Crippen LogP contribution >= 0.6 is 11.6 Å². The molecule has 4 heteroatoms.